The summed E-state index contributed by atoms with van der Waals surface area (Å²) < 4.78 is 51.8. The van der Waals surface area contributed by atoms with E-state index in [1.54, 1.807) is 0 Å². The number of anilines is 1. The Kier molecular flexibility index (Phi) is 8.32. The van der Waals surface area contributed by atoms with E-state index < -0.39 is 23.1 Å². The maximum absolute atomic E-state index is 14.3. The Morgan fingerprint density at radius 3 is 2.14 bits per heavy atom. The summed E-state index contributed by atoms with van der Waals surface area (Å²) in [5.74, 6) is -2.42. The van der Waals surface area contributed by atoms with Crippen LogP contribution in [0.5, 0.6) is 11.5 Å². The van der Waals surface area contributed by atoms with Gasteiger partial charge in [-0.1, -0.05) is 12.1 Å². The first-order valence-electron chi connectivity index (χ1n) is 11.9. The molecular formula is C28H27F3N2O4. The number of rotatable bonds is 8. The molecule has 0 radical (unpaired) electrons. The highest BCUT2D eigenvalue weighted by molar-refractivity contribution is 5.95. The van der Waals surface area contributed by atoms with E-state index in [4.69, 9.17) is 9.47 Å². The van der Waals surface area contributed by atoms with E-state index in [2.05, 4.69) is 5.32 Å². The number of piperidine rings is 1. The second-order valence-electron chi connectivity index (χ2n) is 8.76. The highest BCUT2D eigenvalue weighted by Gasteiger charge is 2.28. The van der Waals surface area contributed by atoms with Crippen molar-refractivity contribution in [2.45, 2.75) is 25.2 Å². The number of ether oxygens (including phenoxy) is 2. The minimum absolute atomic E-state index is 0.0169. The number of carbonyl (C=O) groups is 2. The molecule has 0 aromatic heterocycles. The van der Waals surface area contributed by atoms with Crippen LogP contribution in [0.4, 0.5) is 18.9 Å². The van der Waals surface area contributed by atoms with Crippen molar-refractivity contribution >= 4 is 17.5 Å². The zero-order valence-corrected chi connectivity index (χ0v) is 20.3. The molecule has 0 aliphatic carbocycles. The molecule has 1 N–H and O–H groups in total. The zero-order chi connectivity index (χ0) is 26.4. The second-order valence-corrected chi connectivity index (χ2v) is 8.76. The molecule has 0 spiro atoms. The number of benzene rings is 3. The van der Waals surface area contributed by atoms with Crippen LogP contribution in [0.25, 0.3) is 0 Å². The van der Waals surface area contributed by atoms with E-state index in [0.29, 0.717) is 37.4 Å². The van der Waals surface area contributed by atoms with Gasteiger partial charge in [0.1, 0.15) is 34.5 Å². The first kappa shape index (κ1) is 26.1. The van der Waals surface area contributed by atoms with Crippen LogP contribution in [-0.2, 0) is 4.79 Å². The molecule has 0 saturated carbocycles. The van der Waals surface area contributed by atoms with Gasteiger partial charge in [-0.25, -0.2) is 13.2 Å². The lowest BCUT2D eigenvalue weighted by Gasteiger charge is -2.32. The smallest absolute Gasteiger partial charge is 0.259 e. The minimum Gasteiger partial charge on any atom is -0.497 e. The van der Waals surface area contributed by atoms with Gasteiger partial charge in [0.15, 0.2) is 0 Å². The summed E-state index contributed by atoms with van der Waals surface area (Å²) >= 11 is 0. The lowest BCUT2D eigenvalue weighted by molar-refractivity contribution is -0.116. The molecule has 194 valence electrons. The summed E-state index contributed by atoms with van der Waals surface area (Å²) in [5, 5.41) is 2.81. The van der Waals surface area contributed by atoms with Crippen molar-refractivity contribution in [3.05, 3.63) is 89.2 Å². The number of amides is 2. The van der Waals surface area contributed by atoms with Crippen LogP contribution in [0.3, 0.4) is 0 Å². The number of methoxy groups -OCH3 is 1. The number of hydrogen-bond acceptors (Lipinski definition) is 4. The molecule has 6 nitrogen and oxygen atoms in total. The topological polar surface area (TPSA) is 67.9 Å². The molecule has 1 saturated heterocycles. The summed E-state index contributed by atoms with van der Waals surface area (Å²) in [6, 6.07) is 15.1. The van der Waals surface area contributed by atoms with E-state index in [1.807, 2.05) is 24.3 Å². The SMILES string of the molecule is COc1cc(F)c(C(=O)N2CCC(c3ccc(NC(=O)CCOc4ccc(F)cc4)cc3)CC2)c(F)c1. The van der Waals surface area contributed by atoms with Crippen molar-refractivity contribution in [3.63, 3.8) is 0 Å². The molecule has 1 aliphatic rings. The highest BCUT2D eigenvalue weighted by Crippen LogP contribution is 2.30. The number of hydrogen-bond donors (Lipinski definition) is 1. The predicted octanol–water partition coefficient (Wildman–Crippen LogP) is 5.54. The molecule has 1 aliphatic heterocycles. The molecule has 1 fully saturated rings. The third kappa shape index (κ3) is 6.61. The quantitative estimate of drug-likeness (QED) is 0.430. The van der Waals surface area contributed by atoms with E-state index >= 15 is 0 Å². The van der Waals surface area contributed by atoms with Gasteiger partial charge in [-0.3, -0.25) is 9.59 Å². The average molecular weight is 513 g/mol. The highest BCUT2D eigenvalue weighted by atomic mass is 19.1. The van der Waals surface area contributed by atoms with Crippen molar-refractivity contribution in [3.8, 4) is 11.5 Å². The van der Waals surface area contributed by atoms with Gasteiger partial charge >= 0.3 is 0 Å². The van der Waals surface area contributed by atoms with Crippen molar-refractivity contribution in [2.75, 3.05) is 32.1 Å². The summed E-state index contributed by atoms with van der Waals surface area (Å²) in [6.45, 7) is 0.916. The Labute approximate surface area is 213 Å². The van der Waals surface area contributed by atoms with E-state index in [0.717, 1.165) is 17.7 Å². The van der Waals surface area contributed by atoms with E-state index in [1.165, 1.54) is 36.3 Å². The van der Waals surface area contributed by atoms with Gasteiger partial charge in [0.25, 0.3) is 5.91 Å². The first-order valence-corrected chi connectivity index (χ1v) is 11.9. The molecule has 3 aromatic carbocycles. The fourth-order valence-corrected chi connectivity index (χ4v) is 4.30. The van der Waals surface area contributed by atoms with Crippen molar-refractivity contribution in [1.29, 1.82) is 0 Å². The molecule has 4 rings (SSSR count). The summed E-state index contributed by atoms with van der Waals surface area (Å²) in [4.78, 5) is 26.4. The van der Waals surface area contributed by atoms with E-state index in [-0.39, 0.29) is 36.4 Å². The lowest BCUT2D eigenvalue weighted by Crippen LogP contribution is -2.38. The predicted molar refractivity (Wildman–Crippen MR) is 132 cm³/mol. The number of halogens is 3. The third-order valence-corrected chi connectivity index (χ3v) is 6.32. The summed E-state index contributed by atoms with van der Waals surface area (Å²) in [5.41, 5.74) is 1.14. The molecule has 0 unspecified atom stereocenters. The minimum atomic E-state index is -0.941. The second kappa shape index (κ2) is 11.8. The molecule has 0 bridgehead atoms. The molecule has 9 heteroatoms. The van der Waals surface area contributed by atoms with Gasteiger partial charge < -0.3 is 19.7 Å². The van der Waals surface area contributed by atoms with Gasteiger partial charge in [0.2, 0.25) is 5.91 Å². The Hall–Kier alpha value is -4.01. The number of likely N-dealkylation sites (tertiary alicyclic amines) is 1. The largest absolute Gasteiger partial charge is 0.497 e. The van der Waals surface area contributed by atoms with Gasteiger partial charge in [0.05, 0.1) is 20.1 Å². The van der Waals surface area contributed by atoms with Crippen LogP contribution >= 0.6 is 0 Å². The van der Waals surface area contributed by atoms with Crippen LogP contribution in [0, 0.1) is 17.5 Å². The van der Waals surface area contributed by atoms with Crippen molar-refractivity contribution < 1.29 is 32.2 Å². The Morgan fingerprint density at radius 2 is 1.54 bits per heavy atom. The van der Waals surface area contributed by atoms with Crippen molar-refractivity contribution in [2.24, 2.45) is 0 Å². The van der Waals surface area contributed by atoms with Crippen LogP contribution < -0.4 is 14.8 Å². The number of nitrogens with zero attached hydrogens (tertiary/aromatic N) is 1. The molecular weight excluding hydrogens is 485 g/mol. The molecule has 37 heavy (non-hydrogen) atoms. The zero-order valence-electron chi connectivity index (χ0n) is 20.3. The molecule has 3 aromatic rings. The van der Waals surface area contributed by atoms with Crippen LogP contribution in [-0.4, -0.2) is 43.5 Å². The monoisotopic (exact) mass is 512 g/mol. The average Bonchev–Trinajstić information content (AvgIpc) is 2.90. The molecule has 0 atom stereocenters. The number of carbonyl (C=O) groups excluding carboxylic acids is 2. The fraction of sp³-hybridized carbons (Fsp3) is 0.286. The van der Waals surface area contributed by atoms with E-state index in [9.17, 15) is 22.8 Å². The standard InChI is InChI=1S/C28H27F3N2O4/c1-36-23-16-24(30)27(25(31)17-23)28(35)33-13-10-19(11-14-33)18-2-6-21(7-3-18)32-26(34)12-15-37-22-8-4-20(29)5-9-22/h2-9,16-17,19H,10-15H2,1H3,(H,32,34). The van der Waals surface area contributed by atoms with Gasteiger partial charge in [0, 0.05) is 30.9 Å². The summed E-state index contributed by atoms with van der Waals surface area (Å²) in [6.07, 6.45) is 1.44. The Bertz CT molecular complexity index is 1220. The summed E-state index contributed by atoms with van der Waals surface area (Å²) in [7, 11) is 1.30. The van der Waals surface area contributed by atoms with Crippen LogP contribution in [0.15, 0.2) is 60.7 Å². The normalized spacial score (nSPS) is 13.8. The number of nitrogens with one attached hydrogen (secondary N) is 1. The lowest BCUT2D eigenvalue weighted by atomic mass is 9.89. The third-order valence-electron chi connectivity index (χ3n) is 6.32. The van der Waals surface area contributed by atoms with Crippen LogP contribution in [0.1, 0.15) is 41.1 Å². The Balaban J connectivity index is 1.25. The van der Waals surface area contributed by atoms with Gasteiger partial charge in [-0.05, 0) is 60.7 Å². The van der Waals surface area contributed by atoms with Crippen LogP contribution in [0.2, 0.25) is 0 Å². The van der Waals surface area contributed by atoms with Crippen molar-refractivity contribution in [1.82, 2.24) is 4.90 Å². The molecule has 1 heterocycles. The maximum atomic E-state index is 14.3. The van der Waals surface area contributed by atoms with Gasteiger partial charge in [-0.15, -0.1) is 0 Å². The molecule has 2 amide bonds. The van der Waals surface area contributed by atoms with Gasteiger partial charge in [-0.2, -0.15) is 0 Å². The maximum Gasteiger partial charge on any atom is 0.259 e. The first-order chi connectivity index (χ1) is 17.8. The Morgan fingerprint density at radius 1 is 0.919 bits per heavy atom. The fourth-order valence-electron chi connectivity index (χ4n) is 4.30.